The van der Waals surface area contributed by atoms with E-state index in [0.717, 1.165) is 25.9 Å². The van der Waals surface area contributed by atoms with Gasteiger partial charge in [0, 0.05) is 19.5 Å². The zero-order chi connectivity index (χ0) is 14.4. The van der Waals surface area contributed by atoms with Crippen LogP contribution in [0, 0.1) is 0 Å². The molecule has 2 rings (SSSR count). The maximum Gasteiger partial charge on any atom is 0.255 e. The van der Waals surface area contributed by atoms with E-state index in [2.05, 4.69) is 5.32 Å². The fourth-order valence-corrected chi connectivity index (χ4v) is 2.34. The van der Waals surface area contributed by atoms with Gasteiger partial charge in [0.2, 0.25) is 5.91 Å². The summed E-state index contributed by atoms with van der Waals surface area (Å²) in [5, 5.41) is 2.81. The third-order valence-corrected chi connectivity index (χ3v) is 3.43. The Bertz CT molecular complexity index is 488. The molecule has 1 aromatic rings. The lowest BCUT2D eigenvalue weighted by Crippen LogP contribution is -2.28. The first kappa shape index (κ1) is 17.5. The molecule has 1 aliphatic rings. The maximum absolute atomic E-state index is 12.4. The molecule has 1 saturated heterocycles. The number of amides is 2. The van der Waals surface area contributed by atoms with Gasteiger partial charge in [-0.25, -0.2) is 0 Å². The van der Waals surface area contributed by atoms with Crippen molar-refractivity contribution in [2.24, 2.45) is 5.73 Å². The van der Waals surface area contributed by atoms with Crippen LogP contribution in [0.2, 0.25) is 0 Å². The topological polar surface area (TPSA) is 75.4 Å². The Morgan fingerprint density at radius 3 is 2.52 bits per heavy atom. The van der Waals surface area contributed by atoms with Crippen molar-refractivity contribution >= 4 is 29.9 Å². The molecule has 0 radical (unpaired) electrons. The summed E-state index contributed by atoms with van der Waals surface area (Å²) in [4.78, 5) is 26.0. The second-order valence-corrected chi connectivity index (χ2v) is 4.99. The van der Waals surface area contributed by atoms with Gasteiger partial charge in [-0.1, -0.05) is 12.1 Å². The van der Waals surface area contributed by atoms with Gasteiger partial charge in [0.25, 0.3) is 5.91 Å². The van der Waals surface area contributed by atoms with Crippen molar-refractivity contribution in [3.05, 3.63) is 29.8 Å². The van der Waals surface area contributed by atoms with Crippen LogP contribution in [0.25, 0.3) is 0 Å². The lowest BCUT2D eigenvalue weighted by atomic mass is 10.1. The molecule has 1 fully saturated rings. The fourth-order valence-electron chi connectivity index (χ4n) is 2.34. The van der Waals surface area contributed by atoms with E-state index in [-0.39, 0.29) is 24.2 Å². The average Bonchev–Trinajstić information content (AvgIpc) is 2.99. The highest BCUT2D eigenvalue weighted by Crippen LogP contribution is 2.20. The SMILES string of the molecule is Cl.NCCCC(=O)Nc1ccccc1C(=O)N1CCCC1. The molecule has 6 heteroatoms. The number of para-hydroxylation sites is 1. The highest BCUT2D eigenvalue weighted by atomic mass is 35.5. The molecule has 0 spiro atoms. The number of carbonyl (C=O) groups is 2. The molecule has 0 bridgehead atoms. The van der Waals surface area contributed by atoms with Crippen LogP contribution in [0.15, 0.2) is 24.3 Å². The van der Waals surface area contributed by atoms with Gasteiger partial charge in [-0.2, -0.15) is 0 Å². The summed E-state index contributed by atoms with van der Waals surface area (Å²) >= 11 is 0. The van der Waals surface area contributed by atoms with Crippen LogP contribution in [-0.2, 0) is 4.79 Å². The van der Waals surface area contributed by atoms with Crippen LogP contribution in [0.4, 0.5) is 5.69 Å². The first-order chi connectivity index (χ1) is 9.72. The minimum absolute atomic E-state index is 0. The van der Waals surface area contributed by atoms with Crippen molar-refractivity contribution in [1.82, 2.24) is 4.90 Å². The number of anilines is 1. The molecular weight excluding hydrogens is 290 g/mol. The number of likely N-dealkylation sites (tertiary alicyclic amines) is 1. The van der Waals surface area contributed by atoms with E-state index in [1.54, 1.807) is 12.1 Å². The molecule has 0 aliphatic carbocycles. The number of carbonyl (C=O) groups excluding carboxylic acids is 2. The van der Waals surface area contributed by atoms with E-state index in [1.165, 1.54) is 0 Å². The van der Waals surface area contributed by atoms with Crippen LogP contribution in [-0.4, -0.2) is 36.3 Å². The van der Waals surface area contributed by atoms with Gasteiger partial charge in [-0.3, -0.25) is 9.59 Å². The number of nitrogens with zero attached hydrogens (tertiary/aromatic N) is 1. The second-order valence-electron chi connectivity index (χ2n) is 4.99. The summed E-state index contributed by atoms with van der Waals surface area (Å²) in [6, 6.07) is 7.17. The number of hydrogen-bond donors (Lipinski definition) is 2. The van der Waals surface area contributed by atoms with Gasteiger partial charge in [-0.05, 0) is 37.9 Å². The predicted molar refractivity (Wildman–Crippen MR) is 85.7 cm³/mol. The number of hydrogen-bond acceptors (Lipinski definition) is 3. The molecule has 0 unspecified atom stereocenters. The van der Waals surface area contributed by atoms with Crippen molar-refractivity contribution in [1.29, 1.82) is 0 Å². The summed E-state index contributed by atoms with van der Waals surface area (Å²) in [6.45, 7) is 2.09. The number of halogens is 1. The van der Waals surface area contributed by atoms with Crippen LogP contribution >= 0.6 is 12.4 Å². The summed E-state index contributed by atoms with van der Waals surface area (Å²) < 4.78 is 0. The monoisotopic (exact) mass is 311 g/mol. The van der Waals surface area contributed by atoms with E-state index >= 15 is 0 Å². The van der Waals surface area contributed by atoms with Gasteiger partial charge in [0.05, 0.1) is 11.3 Å². The normalized spacial score (nSPS) is 13.7. The van der Waals surface area contributed by atoms with Gasteiger partial charge in [-0.15, -0.1) is 12.4 Å². The van der Waals surface area contributed by atoms with E-state index in [1.807, 2.05) is 17.0 Å². The van der Waals surface area contributed by atoms with Gasteiger partial charge >= 0.3 is 0 Å². The Kier molecular flexibility index (Phi) is 7.19. The summed E-state index contributed by atoms with van der Waals surface area (Å²) in [7, 11) is 0. The molecule has 116 valence electrons. The number of benzene rings is 1. The summed E-state index contributed by atoms with van der Waals surface area (Å²) in [6.07, 6.45) is 3.13. The van der Waals surface area contributed by atoms with E-state index in [0.29, 0.717) is 30.6 Å². The maximum atomic E-state index is 12.4. The first-order valence-electron chi connectivity index (χ1n) is 7.10. The molecule has 1 aliphatic heterocycles. The number of rotatable bonds is 5. The molecule has 21 heavy (non-hydrogen) atoms. The van der Waals surface area contributed by atoms with Gasteiger partial charge in [0.1, 0.15) is 0 Å². The zero-order valence-corrected chi connectivity index (χ0v) is 12.8. The van der Waals surface area contributed by atoms with Gasteiger partial charge < -0.3 is 16.0 Å². The third kappa shape index (κ3) is 4.72. The smallest absolute Gasteiger partial charge is 0.255 e. The lowest BCUT2D eigenvalue weighted by molar-refractivity contribution is -0.116. The van der Waals surface area contributed by atoms with E-state index < -0.39 is 0 Å². The second kappa shape index (κ2) is 8.64. The average molecular weight is 312 g/mol. The highest BCUT2D eigenvalue weighted by molar-refractivity contribution is 6.03. The molecule has 0 saturated carbocycles. The lowest BCUT2D eigenvalue weighted by Gasteiger charge is -2.17. The standard InChI is InChI=1S/C15H21N3O2.ClH/c16-9-5-8-14(19)17-13-7-2-1-6-12(13)15(20)18-10-3-4-11-18;/h1-2,6-7H,3-5,8-11,16H2,(H,17,19);1H. The Balaban J connectivity index is 0.00000220. The molecule has 1 heterocycles. The first-order valence-corrected chi connectivity index (χ1v) is 7.10. The Morgan fingerprint density at radius 2 is 1.86 bits per heavy atom. The number of nitrogens with two attached hydrogens (primary N) is 1. The van der Waals surface area contributed by atoms with Crippen LogP contribution in [0.5, 0.6) is 0 Å². The van der Waals surface area contributed by atoms with Crippen molar-refractivity contribution in [2.45, 2.75) is 25.7 Å². The van der Waals surface area contributed by atoms with Crippen molar-refractivity contribution < 1.29 is 9.59 Å². The molecule has 1 aromatic carbocycles. The number of nitrogens with one attached hydrogen (secondary N) is 1. The highest BCUT2D eigenvalue weighted by Gasteiger charge is 2.22. The van der Waals surface area contributed by atoms with Crippen LogP contribution < -0.4 is 11.1 Å². The molecule has 5 nitrogen and oxygen atoms in total. The Morgan fingerprint density at radius 1 is 1.19 bits per heavy atom. The molecular formula is C15H22ClN3O2. The minimum atomic E-state index is -0.0999. The summed E-state index contributed by atoms with van der Waals surface area (Å²) in [5.74, 6) is -0.102. The largest absolute Gasteiger partial charge is 0.339 e. The summed E-state index contributed by atoms with van der Waals surface area (Å²) in [5.41, 5.74) is 6.54. The van der Waals surface area contributed by atoms with E-state index in [4.69, 9.17) is 5.73 Å². The fraction of sp³-hybridized carbons (Fsp3) is 0.467. The Hall–Kier alpha value is -1.59. The van der Waals surface area contributed by atoms with Crippen LogP contribution in [0.3, 0.4) is 0 Å². The minimum Gasteiger partial charge on any atom is -0.339 e. The molecule has 2 amide bonds. The zero-order valence-electron chi connectivity index (χ0n) is 12.0. The van der Waals surface area contributed by atoms with Crippen molar-refractivity contribution in [3.8, 4) is 0 Å². The molecule has 3 N–H and O–H groups in total. The van der Waals surface area contributed by atoms with Crippen molar-refractivity contribution in [3.63, 3.8) is 0 Å². The quantitative estimate of drug-likeness (QED) is 0.873. The molecule has 0 aromatic heterocycles. The predicted octanol–water partition coefficient (Wildman–Crippen LogP) is 2.02. The molecule has 0 atom stereocenters. The Labute approximate surface area is 131 Å². The van der Waals surface area contributed by atoms with E-state index in [9.17, 15) is 9.59 Å². The third-order valence-electron chi connectivity index (χ3n) is 3.43. The van der Waals surface area contributed by atoms with Crippen LogP contribution in [0.1, 0.15) is 36.0 Å². The van der Waals surface area contributed by atoms with Gasteiger partial charge in [0.15, 0.2) is 0 Å². The van der Waals surface area contributed by atoms with Crippen molar-refractivity contribution in [2.75, 3.05) is 25.0 Å².